The van der Waals surface area contributed by atoms with Crippen molar-refractivity contribution >= 4 is 5.91 Å². The van der Waals surface area contributed by atoms with Crippen molar-refractivity contribution in [2.75, 3.05) is 19.6 Å². The molecule has 2 heterocycles. The average molecular weight is 225 g/mol. The summed E-state index contributed by atoms with van der Waals surface area (Å²) in [5.41, 5.74) is 0. The highest BCUT2D eigenvalue weighted by atomic mass is 16.2. The molecule has 2 saturated heterocycles. The number of piperidine rings is 1. The Kier molecular flexibility index (Phi) is 3.82. The number of hydrogen-bond acceptors (Lipinski definition) is 3. The molecule has 0 radical (unpaired) electrons. The van der Waals surface area contributed by atoms with Crippen molar-refractivity contribution in [1.82, 2.24) is 15.3 Å². The molecule has 16 heavy (non-hydrogen) atoms. The third-order valence-corrected chi connectivity index (χ3v) is 3.39. The first kappa shape index (κ1) is 11.9. The fourth-order valence-electron chi connectivity index (χ4n) is 2.62. The minimum Gasteiger partial charge on any atom is -0.304 e. The zero-order chi connectivity index (χ0) is 11.5. The van der Waals surface area contributed by atoms with Crippen molar-refractivity contribution in [3.63, 3.8) is 0 Å². The van der Waals surface area contributed by atoms with E-state index in [4.69, 9.17) is 0 Å². The molecule has 2 aliphatic heterocycles. The van der Waals surface area contributed by atoms with Gasteiger partial charge in [0.1, 0.15) is 0 Å². The van der Waals surface area contributed by atoms with Gasteiger partial charge < -0.3 is 5.32 Å². The fraction of sp³-hybridized carbons (Fsp3) is 0.917. The summed E-state index contributed by atoms with van der Waals surface area (Å²) in [5, 5.41) is 7.56. The number of nitrogens with one attached hydrogen (secondary N) is 1. The number of rotatable bonds is 3. The summed E-state index contributed by atoms with van der Waals surface area (Å²) in [4.78, 5) is 12.2. The summed E-state index contributed by atoms with van der Waals surface area (Å²) in [5.74, 6) is 0.274. The lowest BCUT2D eigenvalue weighted by molar-refractivity contribution is -0.146. The molecule has 4 heteroatoms. The smallest absolute Gasteiger partial charge is 0.254 e. The van der Waals surface area contributed by atoms with Crippen LogP contribution in [0, 0.1) is 0 Å². The molecule has 4 nitrogen and oxygen atoms in total. The molecule has 92 valence electrons. The molecule has 1 amide bonds. The van der Waals surface area contributed by atoms with Crippen LogP contribution in [0.4, 0.5) is 0 Å². The van der Waals surface area contributed by atoms with E-state index in [-0.39, 0.29) is 11.9 Å². The first-order valence-electron chi connectivity index (χ1n) is 6.51. The Morgan fingerprint density at radius 3 is 2.50 bits per heavy atom. The summed E-state index contributed by atoms with van der Waals surface area (Å²) in [6.07, 6.45) is 4.72. The van der Waals surface area contributed by atoms with E-state index in [0.29, 0.717) is 6.04 Å². The molecule has 1 N–H and O–H groups in total. The van der Waals surface area contributed by atoms with E-state index in [1.807, 2.05) is 5.01 Å². The Morgan fingerprint density at radius 1 is 1.19 bits per heavy atom. The number of carbonyl (C=O) groups excluding carboxylic acids is 1. The topological polar surface area (TPSA) is 35.6 Å². The maximum Gasteiger partial charge on any atom is 0.254 e. The molecule has 0 aromatic heterocycles. The lowest BCUT2D eigenvalue weighted by Gasteiger charge is -2.34. The molecule has 2 rings (SSSR count). The summed E-state index contributed by atoms with van der Waals surface area (Å²) in [6, 6.07) is 0.428. The Labute approximate surface area is 97.9 Å². The Morgan fingerprint density at radius 2 is 1.88 bits per heavy atom. The molecule has 0 aromatic carbocycles. The highest BCUT2D eigenvalue weighted by Crippen LogP contribution is 2.18. The van der Waals surface area contributed by atoms with E-state index in [1.165, 1.54) is 19.3 Å². The van der Waals surface area contributed by atoms with E-state index in [2.05, 4.69) is 24.2 Å². The van der Waals surface area contributed by atoms with Gasteiger partial charge in [0.15, 0.2) is 0 Å². The van der Waals surface area contributed by atoms with Crippen LogP contribution in [0.2, 0.25) is 0 Å². The van der Waals surface area contributed by atoms with Crippen LogP contribution in [0.15, 0.2) is 0 Å². The zero-order valence-electron chi connectivity index (χ0n) is 10.4. The first-order valence-corrected chi connectivity index (χ1v) is 6.51. The van der Waals surface area contributed by atoms with Gasteiger partial charge in [-0.2, -0.15) is 0 Å². The standard InChI is InChI=1S/C12H23N3O/c1-10(2)13-11-6-9-15(12(11)16)14-7-4-3-5-8-14/h10-11,13H,3-9H2,1-2H3. The van der Waals surface area contributed by atoms with Gasteiger partial charge in [-0.15, -0.1) is 0 Å². The Bertz CT molecular complexity index is 249. The van der Waals surface area contributed by atoms with Gasteiger partial charge in [0, 0.05) is 25.7 Å². The molecular formula is C12H23N3O. The van der Waals surface area contributed by atoms with Gasteiger partial charge in [0.25, 0.3) is 5.91 Å². The first-order chi connectivity index (χ1) is 7.68. The monoisotopic (exact) mass is 225 g/mol. The summed E-state index contributed by atoms with van der Waals surface area (Å²) in [6.45, 7) is 7.19. The molecule has 0 saturated carbocycles. The van der Waals surface area contributed by atoms with E-state index in [0.717, 1.165) is 26.1 Å². The van der Waals surface area contributed by atoms with Crippen molar-refractivity contribution in [3.8, 4) is 0 Å². The molecule has 2 aliphatic rings. The van der Waals surface area contributed by atoms with Crippen LogP contribution in [0.3, 0.4) is 0 Å². The average Bonchev–Trinajstić information content (AvgIpc) is 2.61. The van der Waals surface area contributed by atoms with Crippen molar-refractivity contribution in [3.05, 3.63) is 0 Å². The van der Waals surface area contributed by atoms with Crippen molar-refractivity contribution in [1.29, 1.82) is 0 Å². The van der Waals surface area contributed by atoms with Gasteiger partial charge in [-0.05, 0) is 19.3 Å². The number of hydrogen-bond donors (Lipinski definition) is 1. The van der Waals surface area contributed by atoms with Crippen LogP contribution in [0.1, 0.15) is 39.5 Å². The Hall–Kier alpha value is -0.610. The largest absolute Gasteiger partial charge is 0.304 e. The third-order valence-electron chi connectivity index (χ3n) is 3.39. The SMILES string of the molecule is CC(C)NC1CCN(N2CCCCC2)C1=O. The zero-order valence-corrected chi connectivity index (χ0v) is 10.4. The van der Waals surface area contributed by atoms with E-state index in [1.54, 1.807) is 0 Å². The van der Waals surface area contributed by atoms with E-state index < -0.39 is 0 Å². The fourth-order valence-corrected chi connectivity index (χ4v) is 2.62. The second-order valence-corrected chi connectivity index (χ2v) is 5.14. The van der Waals surface area contributed by atoms with Crippen LogP contribution >= 0.6 is 0 Å². The second kappa shape index (κ2) is 5.15. The van der Waals surface area contributed by atoms with Crippen LogP contribution in [0.5, 0.6) is 0 Å². The molecule has 2 fully saturated rings. The number of carbonyl (C=O) groups is 1. The second-order valence-electron chi connectivity index (χ2n) is 5.14. The molecule has 1 atom stereocenters. The minimum absolute atomic E-state index is 0.0435. The van der Waals surface area contributed by atoms with Crippen LogP contribution in [0.25, 0.3) is 0 Å². The highest BCUT2D eigenvalue weighted by Gasteiger charge is 2.35. The van der Waals surface area contributed by atoms with E-state index >= 15 is 0 Å². The van der Waals surface area contributed by atoms with Gasteiger partial charge in [0.05, 0.1) is 6.04 Å². The number of amides is 1. The normalized spacial score (nSPS) is 28.1. The van der Waals surface area contributed by atoms with Gasteiger partial charge in [0.2, 0.25) is 0 Å². The predicted molar refractivity (Wildman–Crippen MR) is 63.8 cm³/mol. The van der Waals surface area contributed by atoms with Gasteiger partial charge in [-0.3, -0.25) is 9.80 Å². The van der Waals surface area contributed by atoms with Crippen LogP contribution in [-0.4, -0.2) is 47.6 Å². The molecule has 0 aliphatic carbocycles. The van der Waals surface area contributed by atoms with Gasteiger partial charge in [-0.25, -0.2) is 5.01 Å². The van der Waals surface area contributed by atoms with Crippen LogP contribution < -0.4 is 5.32 Å². The van der Waals surface area contributed by atoms with Crippen LogP contribution in [-0.2, 0) is 4.79 Å². The van der Waals surface area contributed by atoms with Crippen molar-refractivity contribution < 1.29 is 4.79 Å². The molecule has 1 unspecified atom stereocenters. The number of nitrogens with zero attached hydrogens (tertiary/aromatic N) is 2. The number of hydrazine groups is 1. The molecule has 0 aromatic rings. The molecular weight excluding hydrogens is 202 g/mol. The minimum atomic E-state index is 0.0435. The summed E-state index contributed by atoms with van der Waals surface area (Å²) in [7, 11) is 0. The van der Waals surface area contributed by atoms with Gasteiger partial charge >= 0.3 is 0 Å². The maximum absolute atomic E-state index is 12.2. The predicted octanol–water partition coefficient (Wildman–Crippen LogP) is 0.986. The van der Waals surface area contributed by atoms with Crippen molar-refractivity contribution in [2.45, 2.75) is 51.6 Å². The summed E-state index contributed by atoms with van der Waals surface area (Å²) >= 11 is 0. The highest BCUT2D eigenvalue weighted by molar-refractivity contribution is 5.83. The maximum atomic E-state index is 12.2. The Balaban J connectivity index is 1.90. The molecule has 0 spiro atoms. The lowest BCUT2D eigenvalue weighted by Crippen LogP contribution is -2.50. The lowest BCUT2D eigenvalue weighted by atomic mass is 10.2. The summed E-state index contributed by atoms with van der Waals surface area (Å²) < 4.78 is 0. The van der Waals surface area contributed by atoms with Gasteiger partial charge in [-0.1, -0.05) is 20.3 Å². The molecule has 0 bridgehead atoms. The quantitative estimate of drug-likeness (QED) is 0.778. The third kappa shape index (κ3) is 2.55. The van der Waals surface area contributed by atoms with E-state index in [9.17, 15) is 4.79 Å². The van der Waals surface area contributed by atoms with Crippen molar-refractivity contribution in [2.24, 2.45) is 0 Å².